The van der Waals surface area contributed by atoms with Crippen LogP contribution < -0.4 is 4.90 Å². The summed E-state index contributed by atoms with van der Waals surface area (Å²) in [6.07, 6.45) is 0. The van der Waals surface area contributed by atoms with Crippen molar-refractivity contribution in [1.82, 2.24) is 4.57 Å². The fourth-order valence-corrected chi connectivity index (χ4v) is 7.46. The summed E-state index contributed by atoms with van der Waals surface area (Å²) in [5.41, 5.74) is 5.88. The zero-order chi connectivity index (χ0) is 42.8. The molecule has 0 aliphatic rings. The van der Waals surface area contributed by atoms with Crippen LogP contribution in [0.15, 0.2) is 218 Å². The molecule has 9 aromatic carbocycles. The highest BCUT2D eigenvalue weighted by molar-refractivity contribution is 6.16. The maximum atomic E-state index is 9.63. The van der Waals surface area contributed by atoms with E-state index in [2.05, 4.69) is 34.9 Å². The average molecular weight is 697 g/mol. The van der Waals surface area contributed by atoms with E-state index in [0.29, 0.717) is 16.8 Å². The molecule has 0 spiro atoms. The summed E-state index contributed by atoms with van der Waals surface area (Å²) in [4.78, 5) is 1.38. The molecule has 0 bridgehead atoms. The van der Waals surface area contributed by atoms with Gasteiger partial charge >= 0.3 is 0 Å². The van der Waals surface area contributed by atoms with Crippen molar-refractivity contribution in [2.45, 2.75) is 0 Å². The zero-order valence-corrected chi connectivity index (χ0v) is 29.1. The van der Waals surface area contributed by atoms with Crippen LogP contribution in [0.1, 0.15) is 11.0 Å². The molecule has 0 unspecified atom stereocenters. The largest absolute Gasteiger partial charge is 0.310 e. The minimum absolute atomic E-state index is 0.116. The second kappa shape index (κ2) is 13.4. The second-order valence-corrected chi connectivity index (χ2v) is 13.1. The van der Waals surface area contributed by atoms with Crippen LogP contribution in [-0.2, 0) is 0 Å². The highest BCUT2D eigenvalue weighted by Gasteiger charge is 2.18. The minimum atomic E-state index is -0.392. The normalized spacial score (nSPS) is 13.4. The number of para-hydroxylation sites is 2. The Labute approximate surface area is 326 Å². The van der Waals surface area contributed by atoms with Gasteiger partial charge in [0.2, 0.25) is 0 Å². The Bertz CT molecular complexity index is 3340. The average Bonchev–Trinajstić information content (AvgIpc) is 3.65. The number of hydrogen-bond acceptors (Lipinski definition) is 1. The van der Waals surface area contributed by atoms with Crippen LogP contribution in [0.25, 0.3) is 71.6 Å². The van der Waals surface area contributed by atoms with Gasteiger partial charge in [0.15, 0.2) is 0 Å². The Kier molecular flexibility index (Phi) is 6.01. The molecule has 10 aromatic rings. The maximum Gasteiger partial charge on any atom is 0.0645 e. The maximum absolute atomic E-state index is 9.63. The minimum Gasteiger partial charge on any atom is -0.310 e. The first kappa shape index (κ1) is 24.2. The summed E-state index contributed by atoms with van der Waals surface area (Å²) in [6.45, 7) is 0. The van der Waals surface area contributed by atoms with Gasteiger partial charge < -0.3 is 9.47 Å². The van der Waals surface area contributed by atoms with E-state index >= 15 is 0 Å². The van der Waals surface area contributed by atoms with Crippen molar-refractivity contribution in [3.63, 3.8) is 0 Å². The van der Waals surface area contributed by atoms with Crippen molar-refractivity contribution in [2.24, 2.45) is 0 Å². The standard InChI is InChI=1S/C52H36N2/c1-3-14-37(15-4-1)38-28-32-43(33-29-38)53(44-34-30-40(31-35-44)47-24-12-17-39-16-7-8-22-46(39)47)45-21-11-18-41(36-45)48-25-13-27-51-52(48)49-23-9-10-26-50(49)54(51)42-19-5-2-6-20-42/h1-36H/i28D,29D,30D,31D,32D,33D,34D,35D. The fourth-order valence-electron chi connectivity index (χ4n) is 7.46. The highest BCUT2D eigenvalue weighted by atomic mass is 15.1. The lowest BCUT2D eigenvalue weighted by atomic mass is 9.97. The van der Waals surface area contributed by atoms with Crippen molar-refractivity contribution in [3.8, 4) is 39.1 Å². The van der Waals surface area contributed by atoms with Gasteiger partial charge in [-0.05, 0) is 105 Å². The summed E-state index contributed by atoms with van der Waals surface area (Å²) >= 11 is 0. The number of hydrogen-bond donors (Lipinski definition) is 0. The molecule has 0 radical (unpaired) electrons. The monoisotopic (exact) mass is 696 g/mol. The van der Waals surface area contributed by atoms with E-state index < -0.39 is 24.2 Å². The number of rotatable bonds is 7. The van der Waals surface area contributed by atoms with Crippen LogP contribution in [-0.4, -0.2) is 4.57 Å². The molecule has 254 valence electrons. The van der Waals surface area contributed by atoms with Gasteiger partial charge in [-0.3, -0.25) is 0 Å². The van der Waals surface area contributed by atoms with Gasteiger partial charge in [-0.15, -0.1) is 0 Å². The molecule has 2 heteroatoms. The first-order valence-corrected chi connectivity index (χ1v) is 17.9. The molecule has 0 amide bonds. The Balaban J connectivity index is 1.25. The van der Waals surface area contributed by atoms with E-state index in [4.69, 9.17) is 0 Å². The molecule has 0 atom stereocenters. The molecular weight excluding hydrogens is 653 g/mol. The molecule has 0 saturated carbocycles. The number of nitrogens with zero attached hydrogens (tertiary/aromatic N) is 2. The third-order valence-electron chi connectivity index (χ3n) is 9.92. The Morgan fingerprint density at radius 2 is 0.926 bits per heavy atom. The number of aromatic nitrogens is 1. The summed E-state index contributed by atoms with van der Waals surface area (Å²) < 4.78 is 78.0. The molecule has 1 heterocycles. The Morgan fingerprint density at radius 1 is 0.370 bits per heavy atom. The summed E-state index contributed by atoms with van der Waals surface area (Å²) in [7, 11) is 0. The van der Waals surface area contributed by atoms with Gasteiger partial charge in [0, 0.05) is 33.5 Å². The van der Waals surface area contributed by atoms with Gasteiger partial charge in [0.05, 0.1) is 22.0 Å². The van der Waals surface area contributed by atoms with Crippen LogP contribution in [0.3, 0.4) is 0 Å². The first-order valence-electron chi connectivity index (χ1n) is 21.9. The molecule has 0 saturated heterocycles. The predicted molar refractivity (Wildman–Crippen MR) is 229 cm³/mol. The Hall–Kier alpha value is -7.16. The molecule has 1 aromatic heterocycles. The van der Waals surface area contributed by atoms with E-state index in [0.717, 1.165) is 49.4 Å². The zero-order valence-electron chi connectivity index (χ0n) is 37.1. The third kappa shape index (κ3) is 5.53. The lowest BCUT2D eigenvalue weighted by molar-refractivity contribution is 1.18. The Morgan fingerprint density at radius 3 is 1.70 bits per heavy atom. The van der Waals surface area contributed by atoms with Gasteiger partial charge in [0.1, 0.15) is 0 Å². The number of benzene rings is 9. The van der Waals surface area contributed by atoms with E-state index in [9.17, 15) is 11.0 Å². The van der Waals surface area contributed by atoms with Crippen molar-refractivity contribution >= 4 is 49.6 Å². The first-order chi connectivity index (χ1) is 30.2. The molecular formula is C52H36N2. The molecule has 0 N–H and O–H groups in total. The molecule has 2 nitrogen and oxygen atoms in total. The lowest BCUT2D eigenvalue weighted by Crippen LogP contribution is -2.10. The van der Waals surface area contributed by atoms with Gasteiger partial charge in [0.25, 0.3) is 0 Å². The predicted octanol–water partition coefficient (Wildman–Crippen LogP) is 14.4. The van der Waals surface area contributed by atoms with Crippen LogP contribution in [0.2, 0.25) is 0 Å². The molecule has 10 rings (SSSR count). The van der Waals surface area contributed by atoms with E-state index in [1.54, 1.807) is 36.4 Å². The summed E-state index contributed by atoms with van der Waals surface area (Å²) in [5.74, 6) is 0. The van der Waals surface area contributed by atoms with Gasteiger partial charge in [-0.25, -0.2) is 0 Å². The number of anilines is 3. The summed E-state index contributed by atoms with van der Waals surface area (Å²) in [5, 5.41) is 3.68. The third-order valence-corrected chi connectivity index (χ3v) is 9.92. The van der Waals surface area contributed by atoms with Crippen molar-refractivity contribution in [3.05, 3.63) is 218 Å². The molecule has 0 fully saturated rings. The SMILES string of the molecule is [2H]c1c([2H])c(N(c2cccc(-c3cccc4c3c3ccccc3n4-c3ccccc3)c2)c2c([2H])c([2H])c(-c3cccc4ccccc34)c([2H])c2[2H])c([2H])c([2H])c1-c1ccccc1. The van der Waals surface area contributed by atoms with Crippen molar-refractivity contribution in [2.75, 3.05) is 4.90 Å². The fraction of sp³-hybridized carbons (Fsp3) is 0. The molecule has 0 aliphatic heterocycles. The number of fused-ring (bicyclic) bond motifs is 4. The van der Waals surface area contributed by atoms with Crippen LogP contribution in [0, 0.1) is 0 Å². The van der Waals surface area contributed by atoms with Crippen molar-refractivity contribution in [1.29, 1.82) is 0 Å². The lowest BCUT2D eigenvalue weighted by Gasteiger charge is -2.26. The van der Waals surface area contributed by atoms with Gasteiger partial charge in [-0.1, -0.05) is 158 Å². The topological polar surface area (TPSA) is 8.17 Å². The van der Waals surface area contributed by atoms with E-state index in [1.807, 2.05) is 103 Å². The van der Waals surface area contributed by atoms with E-state index in [1.165, 1.54) is 4.90 Å². The quantitative estimate of drug-likeness (QED) is 0.161. The van der Waals surface area contributed by atoms with Gasteiger partial charge in [-0.2, -0.15) is 0 Å². The highest BCUT2D eigenvalue weighted by Crippen LogP contribution is 2.42. The van der Waals surface area contributed by atoms with E-state index in [-0.39, 0.29) is 46.7 Å². The van der Waals surface area contributed by atoms with Crippen LogP contribution in [0.4, 0.5) is 17.1 Å². The van der Waals surface area contributed by atoms with Crippen molar-refractivity contribution < 1.29 is 11.0 Å². The second-order valence-electron chi connectivity index (χ2n) is 13.1. The van der Waals surface area contributed by atoms with Crippen LogP contribution in [0.5, 0.6) is 0 Å². The van der Waals surface area contributed by atoms with Crippen LogP contribution >= 0.6 is 0 Å². The molecule has 54 heavy (non-hydrogen) atoms. The molecule has 0 aliphatic carbocycles. The smallest absolute Gasteiger partial charge is 0.0645 e. The summed E-state index contributed by atoms with van der Waals surface area (Å²) in [6, 6.07) is 51.0.